The number of carbonyl (C=O) groups is 1. The van der Waals surface area contributed by atoms with E-state index in [0.29, 0.717) is 12.3 Å². The number of benzene rings is 1. The van der Waals surface area contributed by atoms with Gasteiger partial charge >= 0.3 is 16.1 Å². The maximum Gasteiger partial charge on any atom is 0.318 e. The summed E-state index contributed by atoms with van der Waals surface area (Å²) in [5.74, 6) is 0.418. The van der Waals surface area contributed by atoms with Gasteiger partial charge in [-0.3, -0.25) is 0 Å². The van der Waals surface area contributed by atoms with Crippen LogP contribution in [0.5, 0.6) is 11.5 Å². The highest BCUT2D eigenvalue weighted by Crippen LogP contribution is 2.30. The second-order valence-electron chi connectivity index (χ2n) is 7.34. The molecule has 1 rings (SSSR count). The van der Waals surface area contributed by atoms with Gasteiger partial charge < -0.3 is 19.1 Å². The van der Waals surface area contributed by atoms with Crippen molar-refractivity contribution in [2.45, 2.75) is 59.2 Å². The topological polar surface area (TPSA) is 84.9 Å². The molecule has 1 unspecified atom stereocenters. The normalized spacial score (nSPS) is 13.0. The first-order chi connectivity index (χ1) is 11.9. The fourth-order valence-corrected chi connectivity index (χ4v) is 2.74. The molecule has 26 heavy (non-hydrogen) atoms. The number of ether oxygens (including phenoxy) is 1. The number of hydrogen-bond donors (Lipinski definition) is 1. The Balaban J connectivity index is 3.14. The van der Waals surface area contributed by atoms with Gasteiger partial charge in [0.1, 0.15) is 0 Å². The van der Waals surface area contributed by atoms with E-state index < -0.39 is 10.1 Å². The summed E-state index contributed by atoms with van der Waals surface area (Å²) in [6, 6.07) is 4.84. The number of urea groups is 1. The molecule has 0 saturated heterocycles. The van der Waals surface area contributed by atoms with Gasteiger partial charge in [0.25, 0.3) is 0 Å². The van der Waals surface area contributed by atoms with Crippen molar-refractivity contribution >= 4 is 16.1 Å². The largest absolute Gasteiger partial charge is 0.493 e. The highest BCUT2D eigenvalue weighted by Gasteiger charge is 2.24. The van der Waals surface area contributed by atoms with E-state index in [1.165, 1.54) is 7.11 Å². The summed E-state index contributed by atoms with van der Waals surface area (Å²) in [6.45, 7) is 10.1. The lowest BCUT2D eigenvalue weighted by atomic mass is 10.1. The molecule has 0 radical (unpaired) electrons. The Hall–Kier alpha value is -1.96. The molecule has 0 spiro atoms. The third-order valence-electron chi connectivity index (χ3n) is 3.69. The molecule has 0 saturated carbocycles. The monoisotopic (exact) mass is 386 g/mol. The maximum absolute atomic E-state index is 12.7. The Kier molecular flexibility index (Phi) is 7.32. The molecule has 0 aromatic heterocycles. The summed E-state index contributed by atoms with van der Waals surface area (Å²) in [7, 11) is -2.25. The summed E-state index contributed by atoms with van der Waals surface area (Å²) in [4.78, 5) is 14.4. The van der Waals surface area contributed by atoms with Crippen LogP contribution in [0.4, 0.5) is 4.79 Å². The van der Waals surface area contributed by atoms with Gasteiger partial charge in [-0.15, -0.1) is 0 Å². The predicted molar refractivity (Wildman–Crippen MR) is 102 cm³/mol. The van der Waals surface area contributed by atoms with E-state index >= 15 is 0 Å². The van der Waals surface area contributed by atoms with Gasteiger partial charge in [-0.2, -0.15) is 8.42 Å². The van der Waals surface area contributed by atoms with Crippen LogP contribution in [-0.4, -0.2) is 44.3 Å². The van der Waals surface area contributed by atoms with E-state index in [4.69, 9.17) is 8.92 Å². The number of nitrogens with zero attached hydrogens (tertiary/aromatic N) is 1. The van der Waals surface area contributed by atoms with Gasteiger partial charge in [0.2, 0.25) is 0 Å². The molecule has 1 N–H and O–H groups in total. The van der Waals surface area contributed by atoms with E-state index in [9.17, 15) is 13.2 Å². The molecule has 2 amide bonds. The third-order valence-corrected chi connectivity index (χ3v) is 4.17. The van der Waals surface area contributed by atoms with E-state index in [0.717, 1.165) is 18.2 Å². The van der Waals surface area contributed by atoms with Crippen LogP contribution in [0.3, 0.4) is 0 Å². The molecular formula is C18H30N2O5S. The molecule has 0 heterocycles. The van der Waals surface area contributed by atoms with E-state index in [-0.39, 0.29) is 23.4 Å². The van der Waals surface area contributed by atoms with Crippen LogP contribution in [0, 0.1) is 0 Å². The summed E-state index contributed by atoms with van der Waals surface area (Å²) in [5, 5.41) is 2.97. The second kappa shape index (κ2) is 8.62. The number of hydrogen-bond acceptors (Lipinski definition) is 5. The van der Waals surface area contributed by atoms with Crippen molar-refractivity contribution in [3.8, 4) is 11.5 Å². The average Bonchev–Trinajstić information content (AvgIpc) is 2.48. The third kappa shape index (κ3) is 7.11. The molecule has 0 bridgehead atoms. The van der Waals surface area contributed by atoms with Gasteiger partial charge in [0, 0.05) is 18.1 Å². The predicted octanol–water partition coefficient (Wildman–Crippen LogP) is 3.14. The lowest BCUT2D eigenvalue weighted by molar-refractivity contribution is 0.165. The van der Waals surface area contributed by atoms with Crippen molar-refractivity contribution in [3.63, 3.8) is 0 Å². The summed E-state index contributed by atoms with van der Waals surface area (Å²) in [5.41, 5.74) is 0.390. The molecule has 1 atom stereocenters. The molecule has 148 valence electrons. The zero-order valence-electron chi connectivity index (χ0n) is 16.6. The lowest BCUT2D eigenvalue weighted by Crippen LogP contribution is -2.50. The van der Waals surface area contributed by atoms with Crippen LogP contribution in [-0.2, 0) is 16.7 Å². The molecule has 8 heteroatoms. The van der Waals surface area contributed by atoms with Gasteiger partial charge in [-0.05, 0) is 51.8 Å². The summed E-state index contributed by atoms with van der Waals surface area (Å²) >= 11 is 0. The fourth-order valence-electron chi connectivity index (χ4n) is 2.29. The smallest absolute Gasteiger partial charge is 0.318 e. The Morgan fingerprint density at radius 1 is 1.27 bits per heavy atom. The Morgan fingerprint density at radius 3 is 2.35 bits per heavy atom. The second-order valence-corrected chi connectivity index (χ2v) is 8.91. The molecule has 0 fully saturated rings. The number of rotatable bonds is 7. The number of carbonyl (C=O) groups excluding carboxylic acids is 1. The van der Waals surface area contributed by atoms with Gasteiger partial charge in [0.05, 0.1) is 13.4 Å². The lowest BCUT2D eigenvalue weighted by Gasteiger charge is -2.32. The summed E-state index contributed by atoms with van der Waals surface area (Å²) in [6.07, 6.45) is 1.77. The van der Waals surface area contributed by atoms with Gasteiger partial charge in [0.15, 0.2) is 11.5 Å². The SMILES string of the molecule is CCC(C)N(Cc1ccc(OC)c(OS(C)(=O)=O)c1)C(=O)NC(C)(C)C. The van der Waals surface area contributed by atoms with Crippen LogP contribution in [0.15, 0.2) is 18.2 Å². The minimum atomic E-state index is -3.69. The minimum Gasteiger partial charge on any atom is -0.493 e. The first kappa shape index (κ1) is 22.1. The van der Waals surface area contributed by atoms with Crippen LogP contribution in [0.2, 0.25) is 0 Å². The van der Waals surface area contributed by atoms with Crippen molar-refractivity contribution in [1.29, 1.82) is 0 Å². The molecule has 1 aromatic carbocycles. The molecular weight excluding hydrogens is 356 g/mol. The van der Waals surface area contributed by atoms with Crippen molar-refractivity contribution < 1.29 is 22.1 Å². The fraction of sp³-hybridized carbons (Fsp3) is 0.611. The number of methoxy groups -OCH3 is 1. The van der Waals surface area contributed by atoms with Crippen molar-refractivity contribution in [2.24, 2.45) is 0 Å². The van der Waals surface area contributed by atoms with Crippen LogP contribution in [0.1, 0.15) is 46.6 Å². The maximum atomic E-state index is 12.7. The van der Waals surface area contributed by atoms with E-state index in [1.807, 2.05) is 34.6 Å². The first-order valence-electron chi connectivity index (χ1n) is 8.51. The van der Waals surface area contributed by atoms with Crippen molar-refractivity contribution in [2.75, 3.05) is 13.4 Å². The summed E-state index contributed by atoms with van der Waals surface area (Å²) < 4.78 is 33.1. The Bertz CT molecular complexity index is 726. The van der Waals surface area contributed by atoms with Gasteiger partial charge in [-0.25, -0.2) is 4.79 Å². The molecule has 0 aliphatic carbocycles. The van der Waals surface area contributed by atoms with E-state index in [2.05, 4.69) is 5.32 Å². The highest BCUT2D eigenvalue weighted by atomic mass is 32.2. The van der Waals surface area contributed by atoms with Crippen LogP contribution in [0.25, 0.3) is 0 Å². The molecule has 7 nitrogen and oxygen atoms in total. The van der Waals surface area contributed by atoms with E-state index in [1.54, 1.807) is 23.1 Å². The zero-order chi connectivity index (χ0) is 20.1. The highest BCUT2D eigenvalue weighted by molar-refractivity contribution is 7.86. The number of amides is 2. The Morgan fingerprint density at radius 2 is 1.88 bits per heavy atom. The van der Waals surface area contributed by atoms with Crippen molar-refractivity contribution in [1.82, 2.24) is 10.2 Å². The van der Waals surface area contributed by atoms with Crippen LogP contribution >= 0.6 is 0 Å². The standard InChI is InChI=1S/C18H30N2O5S/c1-8-13(2)20(17(21)19-18(3,4)5)12-14-9-10-15(24-6)16(11-14)25-26(7,22)23/h9-11,13H,8,12H2,1-7H3,(H,19,21). The quantitative estimate of drug-likeness (QED) is 0.728. The number of nitrogens with one attached hydrogen (secondary N) is 1. The Labute approximate surface area is 156 Å². The zero-order valence-corrected chi connectivity index (χ0v) is 17.4. The van der Waals surface area contributed by atoms with Crippen molar-refractivity contribution in [3.05, 3.63) is 23.8 Å². The molecule has 0 aliphatic rings. The first-order valence-corrected chi connectivity index (χ1v) is 10.3. The van der Waals surface area contributed by atoms with Gasteiger partial charge in [-0.1, -0.05) is 13.0 Å². The minimum absolute atomic E-state index is 0.0127. The van der Waals surface area contributed by atoms with Crippen LogP contribution < -0.4 is 14.2 Å². The molecule has 0 aliphatic heterocycles. The molecule has 1 aromatic rings. The average molecular weight is 387 g/mol.